The minimum Gasteiger partial charge on any atom is -0.327 e. The largest absolute Gasteiger partial charge is 0.327 e. The van der Waals surface area contributed by atoms with E-state index < -0.39 is 15.3 Å². The van der Waals surface area contributed by atoms with E-state index in [1.54, 1.807) is 41.4 Å². The Kier molecular flexibility index (Phi) is 7.46. The maximum absolute atomic E-state index is 13.4. The molecule has 3 aromatic carbocycles. The molecule has 0 radical (unpaired) electrons. The molecule has 0 unspecified atom stereocenters. The predicted octanol–water partition coefficient (Wildman–Crippen LogP) is 5.22. The van der Waals surface area contributed by atoms with Crippen LogP contribution in [0.2, 0.25) is 0 Å². The van der Waals surface area contributed by atoms with E-state index in [-0.39, 0.29) is 10.8 Å². The molecule has 216 valence electrons. The molecule has 0 fully saturated rings. The lowest BCUT2D eigenvalue weighted by Gasteiger charge is -2.23. The summed E-state index contributed by atoms with van der Waals surface area (Å²) in [6.45, 7) is 3.78. The van der Waals surface area contributed by atoms with Crippen LogP contribution in [0, 0.1) is 0 Å². The van der Waals surface area contributed by atoms with Crippen LogP contribution in [-0.2, 0) is 27.1 Å². The Morgan fingerprint density at radius 2 is 1.57 bits per heavy atom. The van der Waals surface area contributed by atoms with Crippen molar-refractivity contribution < 1.29 is 13.2 Å². The van der Waals surface area contributed by atoms with Gasteiger partial charge in [-0.25, -0.2) is 18.4 Å². The number of carbonyl (C=O) groups excluding carboxylic acids is 1. The number of nitrogens with one attached hydrogen (secondary N) is 1. The SMILES string of the molecule is CN(c1ccc(S(C)(=O)=O)cc1)c1nccc(N(C)c2cccc3c2nc(NC(=O)C(C)(C)c2ccccc2)n3C)n1. The van der Waals surface area contributed by atoms with Crippen molar-refractivity contribution in [2.75, 3.05) is 35.5 Å². The molecule has 5 aromatic rings. The number of amides is 1. The average molecular weight is 584 g/mol. The third kappa shape index (κ3) is 5.42. The summed E-state index contributed by atoms with van der Waals surface area (Å²) in [6, 6.07) is 23.9. The van der Waals surface area contributed by atoms with Crippen LogP contribution in [0.4, 0.5) is 29.1 Å². The third-order valence-electron chi connectivity index (χ3n) is 7.46. The summed E-state index contributed by atoms with van der Waals surface area (Å²) in [7, 11) is 2.30. The molecule has 5 rings (SSSR count). The number of sulfone groups is 1. The lowest BCUT2D eigenvalue weighted by Crippen LogP contribution is -2.35. The van der Waals surface area contributed by atoms with Crippen LogP contribution in [0.1, 0.15) is 19.4 Å². The number of rotatable bonds is 8. The molecule has 2 heterocycles. The van der Waals surface area contributed by atoms with E-state index in [0.29, 0.717) is 23.2 Å². The van der Waals surface area contributed by atoms with Crippen molar-refractivity contribution in [3.05, 3.63) is 90.6 Å². The molecule has 0 bridgehead atoms. The van der Waals surface area contributed by atoms with Crippen LogP contribution in [0.5, 0.6) is 0 Å². The molecule has 0 aliphatic rings. The first-order valence-corrected chi connectivity index (χ1v) is 15.2. The highest BCUT2D eigenvalue weighted by Crippen LogP contribution is 2.33. The smallest absolute Gasteiger partial charge is 0.236 e. The van der Waals surface area contributed by atoms with Gasteiger partial charge in [-0.3, -0.25) is 10.1 Å². The molecule has 1 N–H and O–H groups in total. The monoisotopic (exact) mass is 583 g/mol. The Morgan fingerprint density at radius 1 is 0.881 bits per heavy atom. The summed E-state index contributed by atoms with van der Waals surface area (Å²) < 4.78 is 25.5. The second-order valence-electron chi connectivity index (χ2n) is 10.7. The van der Waals surface area contributed by atoms with Crippen molar-refractivity contribution >= 4 is 55.9 Å². The van der Waals surface area contributed by atoms with Crippen molar-refractivity contribution in [1.82, 2.24) is 19.5 Å². The van der Waals surface area contributed by atoms with Gasteiger partial charge in [0.2, 0.25) is 17.8 Å². The van der Waals surface area contributed by atoms with Gasteiger partial charge in [-0.15, -0.1) is 0 Å². The molecule has 0 saturated carbocycles. The maximum Gasteiger partial charge on any atom is 0.236 e. The van der Waals surface area contributed by atoms with Gasteiger partial charge in [0.05, 0.1) is 21.5 Å². The molecule has 0 spiro atoms. The number of fused-ring (bicyclic) bond motifs is 1. The average Bonchev–Trinajstić information content (AvgIpc) is 3.31. The molecule has 0 aliphatic heterocycles. The van der Waals surface area contributed by atoms with E-state index in [9.17, 15) is 13.2 Å². The number of hydrogen-bond acceptors (Lipinski definition) is 8. The number of hydrogen-bond donors (Lipinski definition) is 1. The highest BCUT2D eigenvalue weighted by atomic mass is 32.2. The van der Waals surface area contributed by atoms with Gasteiger partial charge in [-0.2, -0.15) is 4.98 Å². The zero-order valence-corrected chi connectivity index (χ0v) is 25.2. The van der Waals surface area contributed by atoms with E-state index in [1.165, 1.54) is 6.26 Å². The Morgan fingerprint density at radius 3 is 2.24 bits per heavy atom. The molecule has 0 aliphatic carbocycles. The molecule has 10 nitrogen and oxygen atoms in total. The van der Waals surface area contributed by atoms with Gasteiger partial charge in [-0.05, 0) is 61.9 Å². The van der Waals surface area contributed by atoms with Gasteiger partial charge in [0.25, 0.3) is 0 Å². The Labute approximate surface area is 245 Å². The van der Waals surface area contributed by atoms with E-state index in [2.05, 4.69) is 10.3 Å². The minimum atomic E-state index is -3.29. The number of aryl methyl sites for hydroxylation is 1. The Hall–Kier alpha value is -4.77. The molecular formula is C31H33N7O3S. The zero-order valence-electron chi connectivity index (χ0n) is 24.4. The van der Waals surface area contributed by atoms with Gasteiger partial charge in [0, 0.05) is 39.3 Å². The van der Waals surface area contributed by atoms with Crippen molar-refractivity contribution in [3.8, 4) is 0 Å². The zero-order chi connectivity index (χ0) is 30.2. The number of imidazole rings is 1. The first-order valence-electron chi connectivity index (χ1n) is 13.3. The summed E-state index contributed by atoms with van der Waals surface area (Å²) in [5.41, 5.74) is 3.26. The van der Waals surface area contributed by atoms with E-state index in [1.807, 2.05) is 93.0 Å². The fraction of sp³-hybridized carbons (Fsp3) is 0.226. The fourth-order valence-corrected chi connectivity index (χ4v) is 5.30. The normalized spacial score (nSPS) is 11.9. The Bertz CT molecular complexity index is 1870. The second-order valence-corrected chi connectivity index (χ2v) is 12.7. The lowest BCUT2D eigenvalue weighted by molar-refractivity contribution is -0.120. The fourth-order valence-electron chi connectivity index (χ4n) is 4.67. The first-order chi connectivity index (χ1) is 19.9. The second kappa shape index (κ2) is 10.9. The van der Waals surface area contributed by atoms with Crippen molar-refractivity contribution in [2.24, 2.45) is 7.05 Å². The van der Waals surface area contributed by atoms with Gasteiger partial charge < -0.3 is 14.4 Å². The topological polar surface area (TPSA) is 113 Å². The lowest BCUT2D eigenvalue weighted by atomic mass is 9.84. The maximum atomic E-state index is 13.4. The number of anilines is 5. The van der Waals surface area contributed by atoms with Crippen molar-refractivity contribution in [3.63, 3.8) is 0 Å². The standard InChI is InChI=1S/C31H33N7O3S/c1-31(2,21-11-8-7-9-12-21)28(39)35-30-34-27-24(13-10-14-25(27)38(30)5)37(4)26-19-20-32-29(33-26)36(3)22-15-17-23(18-16-22)42(6,40)41/h7-20H,1-6H3,(H,34,35,39). The summed E-state index contributed by atoms with van der Waals surface area (Å²) in [5, 5.41) is 3.02. The van der Waals surface area contributed by atoms with E-state index in [0.717, 1.165) is 22.5 Å². The molecule has 0 saturated heterocycles. The number of benzene rings is 3. The van der Waals surface area contributed by atoms with Crippen LogP contribution in [0.3, 0.4) is 0 Å². The Balaban J connectivity index is 1.43. The molecule has 2 aromatic heterocycles. The van der Waals surface area contributed by atoms with E-state index in [4.69, 9.17) is 9.97 Å². The molecular weight excluding hydrogens is 550 g/mol. The minimum absolute atomic E-state index is 0.157. The van der Waals surface area contributed by atoms with Crippen LogP contribution < -0.4 is 15.1 Å². The van der Waals surface area contributed by atoms with Crippen LogP contribution >= 0.6 is 0 Å². The van der Waals surface area contributed by atoms with E-state index >= 15 is 0 Å². The first kappa shape index (κ1) is 28.7. The summed E-state index contributed by atoms with van der Waals surface area (Å²) in [5.74, 6) is 1.36. The molecule has 1 amide bonds. The highest BCUT2D eigenvalue weighted by Gasteiger charge is 2.31. The summed E-state index contributed by atoms with van der Waals surface area (Å²) in [4.78, 5) is 31.3. The van der Waals surface area contributed by atoms with Gasteiger partial charge in [-0.1, -0.05) is 36.4 Å². The van der Waals surface area contributed by atoms with Crippen molar-refractivity contribution in [2.45, 2.75) is 24.2 Å². The van der Waals surface area contributed by atoms with Crippen molar-refractivity contribution in [1.29, 1.82) is 0 Å². The predicted molar refractivity (Wildman–Crippen MR) is 167 cm³/mol. The highest BCUT2D eigenvalue weighted by molar-refractivity contribution is 7.90. The van der Waals surface area contributed by atoms with Gasteiger partial charge >= 0.3 is 0 Å². The summed E-state index contributed by atoms with van der Waals surface area (Å²) in [6.07, 6.45) is 2.85. The number of para-hydroxylation sites is 1. The quantitative estimate of drug-likeness (QED) is 0.265. The summed E-state index contributed by atoms with van der Waals surface area (Å²) >= 11 is 0. The number of carbonyl (C=O) groups is 1. The van der Waals surface area contributed by atoms with Crippen LogP contribution in [0.15, 0.2) is 90.0 Å². The number of aromatic nitrogens is 4. The van der Waals surface area contributed by atoms with Gasteiger partial charge in [0.15, 0.2) is 9.84 Å². The third-order valence-corrected chi connectivity index (χ3v) is 8.59. The van der Waals surface area contributed by atoms with Crippen LogP contribution in [0.25, 0.3) is 11.0 Å². The molecule has 0 atom stereocenters. The molecule has 42 heavy (non-hydrogen) atoms. The van der Waals surface area contributed by atoms with Gasteiger partial charge in [0.1, 0.15) is 11.3 Å². The van der Waals surface area contributed by atoms with Crippen LogP contribution in [-0.4, -0.2) is 54.2 Å². The number of nitrogens with zero attached hydrogens (tertiary/aromatic N) is 6. The molecule has 11 heteroatoms.